The number of hydrogen-bond acceptors (Lipinski definition) is 6. The van der Waals surface area contributed by atoms with Gasteiger partial charge in [0.05, 0.1) is 6.54 Å². The third-order valence-electron chi connectivity index (χ3n) is 3.63. The van der Waals surface area contributed by atoms with E-state index in [1.54, 1.807) is 0 Å². The van der Waals surface area contributed by atoms with Gasteiger partial charge in [-0.25, -0.2) is 0 Å². The van der Waals surface area contributed by atoms with Gasteiger partial charge in [0, 0.05) is 12.0 Å². The predicted molar refractivity (Wildman–Crippen MR) is 85.7 cm³/mol. The van der Waals surface area contributed by atoms with Crippen LogP contribution < -0.4 is 9.47 Å². The molecule has 2 heterocycles. The lowest BCUT2D eigenvalue weighted by Gasteiger charge is -2.29. The normalized spacial score (nSPS) is 17.5. The first-order chi connectivity index (χ1) is 10.9. The molecule has 0 radical (unpaired) electrons. The number of rotatable bonds is 4. The molecule has 23 heavy (non-hydrogen) atoms. The van der Waals surface area contributed by atoms with Gasteiger partial charge in [0.1, 0.15) is 12.7 Å². The molecular formula is C17H23N3O3. The maximum Gasteiger partial charge on any atom is 0.240 e. The summed E-state index contributed by atoms with van der Waals surface area (Å²) >= 11 is 0. The molecule has 3 rings (SSSR count). The molecule has 1 aromatic carbocycles. The molecule has 1 aliphatic heterocycles. The number of aromatic nitrogens is 2. The third-order valence-corrected chi connectivity index (χ3v) is 3.63. The van der Waals surface area contributed by atoms with Gasteiger partial charge in [0.25, 0.3) is 0 Å². The van der Waals surface area contributed by atoms with E-state index in [0.717, 1.165) is 23.9 Å². The van der Waals surface area contributed by atoms with Crippen LogP contribution in [0.4, 0.5) is 0 Å². The summed E-state index contributed by atoms with van der Waals surface area (Å²) in [4.78, 5) is 6.56. The van der Waals surface area contributed by atoms with Crippen molar-refractivity contribution in [3.05, 3.63) is 36.0 Å². The number of hydrogen-bond donors (Lipinski definition) is 0. The molecule has 0 bridgehead atoms. The molecule has 0 spiro atoms. The number of benzene rings is 1. The molecule has 0 N–H and O–H groups in total. The third kappa shape index (κ3) is 3.82. The summed E-state index contributed by atoms with van der Waals surface area (Å²) < 4.78 is 17.0. The molecule has 0 aliphatic carbocycles. The molecule has 124 valence electrons. The van der Waals surface area contributed by atoms with Gasteiger partial charge < -0.3 is 14.0 Å². The average molecular weight is 317 g/mol. The quantitative estimate of drug-likeness (QED) is 0.864. The predicted octanol–water partition coefficient (Wildman–Crippen LogP) is 2.64. The molecule has 1 aromatic heterocycles. The lowest BCUT2D eigenvalue weighted by molar-refractivity contribution is 0.0613. The van der Waals surface area contributed by atoms with Crippen LogP contribution in [-0.4, -0.2) is 41.3 Å². The molecule has 1 aliphatic rings. The molecule has 1 atom stereocenters. The Balaban J connectivity index is 1.56. The SMILES string of the molecule is CN(Cc1nc(C(C)(C)C)no1)CC1COc2ccccc2O1. The maximum atomic E-state index is 5.97. The molecule has 6 heteroatoms. The van der Waals surface area contributed by atoms with Crippen LogP contribution in [0.2, 0.25) is 0 Å². The van der Waals surface area contributed by atoms with E-state index < -0.39 is 0 Å². The monoisotopic (exact) mass is 317 g/mol. The first-order valence-corrected chi connectivity index (χ1v) is 7.82. The van der Waals surface area contributed by atoms with Crippen molar-refractivity contribution in [2.45, 2.75) is 38.8 Å². The Bertz CT molecular complexity index is 663. The van der Waals surface area contributed by atoms with E-state index in [9.17, 15) is 0 Å². The van der Waals surface area contributed by atoms with E-state index in [1.165, 1.54) is 0 Å². The Hall–Kier alpha value is -2.08. The van der Waals surface area contributed by atoms with Gasteiger partial charge in [-0.3, -0.25) is 4.90 Å². The Labute approximate surface area is 136 Å². The smallest absolute Gasteiger partial charge is 0.240 e. The van der Waals surface area contributed by atoms with Crippen LogP contribution in [0.1, 0.15) is 32.5 Å². The molecule has 0 amide bonds. The summed E-state index contributed by atoms with van der Waals surface area (Å²) in [6.45, 7) is 8.05. The summed E-state index contributed by atoms with van der Waals surface area (Å²) in [5.41, 5.74) is -0.107. The van der Waals surface area contributed by atoms with Gasteiger partial charge in [-0.2, -0.15) is 4.98 Å². The summed E-state index contributed by atoms with van der Waals surface area (Å²) in [5, 5.41) is 4.05. The van der Waals surface area contributed by atoms with Crippen LogP contribution in [0.5, 0.6) is 11.5 Å². The van der Waals surface area contributed by atoms with Gasteiger partial charge in [0.2, 0.25) is 5.89 Å². The largest absolute Gasteiger partial charge is 0.486 e. The van der Waals surface area contributed by atoms with Gasteiger partial charge in [-0.1, -0.05) is 38.1 Å². The minimum Gasteiger partial charge on any atom is -0.486 e. The highest BCUT2D eigenvalue weighted by atomic mass is 16.6. The van der Waals surface area contributed by atoms with E-state index in [-0.39, 0.29) is 11.5 Å². The topological polar surface area (TPSA) is 60.6 Å². The highest BCUT2D eigenvalue weighted by molar-refractivity contribution is 5.40. The number of nitrogens with zero attached hydrogens (tertiary/aromatic N) is 3. The fraction of sp³-hybridized carbons (Fsp3) is 0.529. The van der Waals surface area contributed by atoms with Crippen molar-refractivity contribution in [1.82, 2.24) is 15.0 Å². The maximum absolute atomic E-state index is 5.97. The zero-order chi connectivity index (χ0) is 16.4. The molecule has 0 saturated carbocycles. The van der Waals surface area contributed by atoms with E-state index in [4.69, 9.17) is 14.0 Å². The number of likely N-dealkylation sites (N-methyl/N-ethyl adjacent to an activating group) is 1. The van der Waals surface area contributed by atoms with Crippen molar-refractivity contribution >= 4 is 0 Å². The summed E-state index contributed by atoms with van der Waals surface area (Å²) in [6.07, 6.45) is -0.0140. The fourth-order valence-corrected chi connectivity index (χ4v) is 2.42. The van der Waals surface area contributed by atoms with Crippen LogP contribution in [-0.2, 0) is 12.0 Å². The van der Waals surface area contributed by atoms with Crippen LogP contribution in [0.25, 0.3) is 0 Å². The molecular weight excluding hydrogens is 294 g/mol. The minimum atomic E-state index is -0.107. The summed E-state index contributed by atoms with van der Waals surface area (Å²) in [5.74, 6) is 2.95. The van der Waals surface area contributed by atoms with E-state index in [1.807, 2.05) is 31.3 Å². The van der Waals surface area contributed by atoms with Crippen molar-refractivity contribution in [3.63, 3.8) is 0 Å². The van der Waals surface area contributed by atoms with Crippen LogP contribution in [0.15, 0.2) is 28.8 Å². The second kappa shape index (κ2) is 6.20. The van der Waals surface area contributed by atoms with Gasteiger partial charge >= 0.3 is 0 Å². The standard InChI is InChI=1S/C17H23N3O3/c1-17(2,3)16-18-15(23-19-16)10-20(4)9-12-11-21-13-7-5-6-8-14(13)22-12/h5-8,12H,9-11H2,1-4H3. The van der Waals surface area contributed by atoms with E-state index >= 15 is 0 Å². The first-order valence-electron chi connectivity index (χ1n) is 7.82. The molecule has 0 fully saturated rings. The Morgan fingerprint density at radius 3 is 2.65 bits per heavy atom. The summed E-state index contributed by atoms with van der Waals surface area (Å²) in [6, 6.07) is 7.73. The highest BCUT2D eigenvalue weighted by Gasteiger charge is 2.24. The highest BCUT2D eigenvalue weighted by Crippen LogP contribution is 2.31. The number of fused-ring (bicyclic) bond motifs is 1. The Morgan fingerprint density at radius 1 is 1.22 bits per heavy atom. The lowest BCUT2D eigenvalue weighted by Crippen LogP contribution is -2.39. The van der Waals surface area contributed by atoms with Crippen molar-refractivity contribution in [1.29, 1.82) is 0 Å². The van der Waals surface area contributed by atoms with Crippen molar-refractivity contribution in [2.75, 3.05) is 20.2 Å². The van der Waals surface area contributed by atoms with Crippen molar-refractivity contribution in [3.8, 4) is 11.5 Å². The minimum absolute atomic E-state index is 0.0140. The molecule has 6 nitrogen and oxygen atoms in total. The Kier molecular flexibility index (Phi) is 4.26. The molecule has 0 saturated heterocycles. The van der Waals surface area contributed by atoms with Gasteiger partial charge in [-0.15, -0.1) is 0 Å². The second-order valence-electron chi connectivity index (χ2n) is 6.96. The molecule has 2 aromatic rings. The van der Waals surface area contributed by atoms with Crippen LogP contribution in [0, 0.1) is 0 Å². The average Bonchev–Trinajstić information content (AvgIpc) is 2.95. The summed E-state index contributed by atoms with van der Waals surface area (Å²) in [7, 11) is 2.00. The Morgan fingerprint density at radius 2 is 1.96 bits per heavy atom. The van der Waals surface area contributed by atoms with Gasteiger partial charge in [0.15, 0.2) is 17.3 Å². The zero-order valence-corrected chi connectivity index (χ0v) is 14.1. The lowest BCUT2D eigenvalue weighted by atomic mass is 9.96. The second-order valence-corrected chi connectivity index (χ2v) is 6.96. The number of ether oxygens (including phenoxy) is 2. The zero-order valence-electron chi connectivity index (χ0n) is 14.1. The van der Waals surface area contributed by atoms with E-state index in [2.05, 4.69) is 35.8 Å². The van der Waals surface area contributed by atoms with Crippen LogP contribution in [0.3, 0.4) is 0 Å². The fourth-order valence-electron chi connectivity index (χ4n) is 2.42. The molecule has 1 unspecified atom stereocenters. The van der Waals surface area contributed by atoms with E-state index in [0.29, 0.717) is 19.0 Å². The van der Waals surface area contributed by atoms with Crippen molar-refractivity contribution < 1.29 is 14.0 Å². The first kappa shape index (κ1) is 15.8. The number of para-hydroxylation sites is 2. The van der Waals surface area contributed by atoms with Crippen molar-refractivity contribution in [2.24, 2.45) is 0 Å². The van der Waals surface area contributed by atoms with Gasteiger partial charge in [-0.05, 0) is 19.2 Å². The van der Waals surface area contributed by atoms with Crippen LogP contribution >= 0.6 is 0 Å².